The number of aliphatic imine (C=N–C) groups is 1. The Hall–Kier alpha value is -0.340. The van der Waals surface area contributed by atoms with Crippen LogP contribution in [0.5, 0.6) is 0 Å². The van der Waals surface area contributed by atoms with Gasteiger partial charge in [-0.15, -0.1) is 35.3 Å². The average molecular weight is 464 g/mol. The van der Waals surface area contributed by atoms with Crippen LogP contribution in [0.3, 0.4) is 0 Å². The fourth-order valence-electron chi connectivity index (χ4n) is 3.12. The molecule has 2 N–H and O–H groups in total. The molecule has 0 saturated carbocycles. The third kappa shape index (κ3) is 6.88. The van der Waals surface area contributed by atoms with Gasteiger partial charge in [-0.05, 0) is 50.6 Å². The molecule has 2 rings (SSSR count). The number of piperidine rings is 1. The molecule has 0 bridgehead atoms. The van der Waals surface area contributed by atoms with E-state index in [1.807, 2.05) is 18.4 Å². The van der Waals surface area contributed by atoms with E-state index in [0.29, 0.717) is 12.0 Å². The third-order valence-electron chi connectivity index (χ3n) is 4.67. The van der Waals surface area contributed by atoms with Gasteiger partial charge in [-0.1, -0.05) is 13.0 Å². The van der Waals surface area contributed by atoms with Gasteiger partial charge < -0.3 is 15.5 Å². The molecule has 1 aliphatic rings. The highest BCUT2D eigenvalue weighted by atomic mass is 127. The number of nitrogens with zero attached hydrogens (tertiary/aromatic N) is 2. The number of nitrogens with one attached hydrogen (secondary N) is 2. The van der Waals surface area contributed by atoms with Gasteiger partial charge in [0.2, 0.25) is 0 Å². The van der Waals surface area contributed by atoms with Crippen molar-refractivity contribution in [3.8, 4) is 0 Å². The number of likely N-dealkylation sites (tertiary alicyclic amines) is 1. The normalized spacial score (nSPS) is 20.5. The predicted molar refractivity (Wildman–Crippen MR) is 117 cm³/mol. The molecule has 1 fully saturated rings. The highest BCUT2D eigenvalue weighted by molar-refractivity contribution is 14.0. The van der Waals surface area contributed by atoms with Crippen LogP contribution in [0.1, 0.15) is 44.4 Å². The molecule has 1 aliphatic heterocycles. The Morgan fingerprint density at radius 2 is 2.17 bits per heavy atom. The molecule has 1 aromatic rings. The maximum Gasteiger partial charge on any atom is 0.191 e. The molecule has 1 saturated heterocycles. The molecular weight excluding hydrogens is 431 g/mol. The number of rotatable bonds is 6. The van der Waals surface area contributed by atoms with E-state index in [1.165, 1.54) is 30.8 Å². The zero-order chi connectivity index (χ0) is 16.7. The van der Waals surface area contributed by atoms with Crippen LogP contribution in [-0.2, 0) is 0 Å². The van der Waals surface area contributed by atoms with E-state index in [4.69, 9.17) is 0 Å². The summed E-state index contributed by atoms with van der Waals surface area (Å²) in [5.74, 6) is 2.16. The topological polar surface area (TPSA) is 39.7 Å². The molecule has 0 spiro atoms. The molecule has 2 heterocycles. The van der Waals surface area contributed by atoms with E-state index in [9.17, 15) is 0 Å². The van der Waals surface area contributed by atoms with Crippen molar-refractivity contribution in [3.63, 3.8) is 0 Å². The lowest BCUT2D eigenvalue weighted by Gasteiger charge is -2.35. The van der Waals surface area contributed by atoms with Gasteiger partial charge in [0.1, 0.15) is 0 Å². The molecular formula is C18H33IN4S. The number of thiophene rings is 1. The van der Waals surface area contributed by atoms with Crippen molar-refractivity contribution in [3.05, 3.63) is 22.4 Å². The molecule has 0 aliphatic carbocycles. The predicted octanol–water partition coefficient (Wildman–Crippen LogP) is 3.76. The average Bonchev–Trinajstić information content (AvgIpc) is 3.09. The fourth-order valence-corrected chi connectivity index (χ4v) is 3.90. The van der Waals surface area contributed by atoms with Gasteiger partial charge in [0.05, 0.1) is 0 Å². The lowest BCUT2D eigenvalue weighted by molar-refractivity contribution is 0.141. The van der Waals surface area contributed by atoms with Crippen molar-refractivity contribution < 1.29 is 0 Å². The second-order valence-corrected chi connectivity index (χ2v) is 7.83. The van der Waals surface area contributed by atoms with Crippen LogP contribution in [0.4, 0.5) is 0 Å². The van der Waals surface area contributed by atoms with Crippen LogP contribution in [0.25, 0.3) is 0 Å². The van der Waals surface area contributed by atoms with E-state index < -0.39 is 0 Å². The van der Waals surface area contributed by atoms with Crippen molar-refractivity contribution in [2.24, 2.45) is 10.9 Å². The highest BCUT2D eigenvalue weighted by Gasteiger charge is 2.21. The fraction of sp³-hybridized carbons (Fsp3) is 0.722. The molecule has 6 heteroatoms. The van der Waals surface area contributed by atoms with E-state index in [0.717, 1.165) is 25.0 Å². The van der Waals surface area contributed by atoms with Gasteiger partial charge in [0, 0.05) is 43.5 Å². The van der Waals surface area contributed by atoms with E-state index in [-0.39, 0.29) is 24.0 Å². The van der Waals surface area contributed by atoms with Crippen LogP contribution in [0.2, 0.25) is 0 Å². The summed E-state index contributed by atoms with van der Waals surface area (Å²) >= 11 is 1.82. The van der Waals surface area contributed by atoms with Crippen LogP contribution in [-0.4, -0.2) is 50.1 Å². The minimum atomic E-state index is 0. The summed E-state index contributed by atoms with van der Waals surface area (Å²) in [5.41, 5.74) is 0. The molecule has 2 unspecified atom stereocenters. The van der Waals surface area contributed by atoms with Gasteiger partial charge in [0.15, 0.2) is 5.96 Å². The Kier molecular flexibility index (Phi) is 10.2. The van der Waals surface area contributed by atoms with Crippen molar-refractivity contribution in [2.75, 3.05) is 33.2 Å². The van der Waals surface area contributed by atoms with Crippen molar-refractivity contribution in [2.45, 2.75) is 45.6 Å². The zero-order valence-corrected chi connectivity index (χ0v) is 18.6. The Balaban J connectivity index is 0.00000288. The Morgan fingerprint density at radius 1 is 1.38 bits per heavy atom. The SMILES string of the molecule is CN=C(NCC1CCCN(C(C)C)C1)NCC(C)c1cccs1.I. The second kappa shape index (κ2) is 11.3. The lowest BCUT2D eigenvalue weighted by atomic mass is 9.97. The zero-order valence-electron chi connectivity index (χ0n) is 15.4. The van der Waals surface area contributed by atoms with Crippen LogP contribution in [0, 0.1) is 5.92 Å². The minimum absolute atomic E-state index is 0. The van der Waals surface area contributed by atoms with Gasteiger partial charge in [-0.3, -0.25) is 4.99 Å². The lowest BCUT2D eigenvalue weighted by Crippen LogP contribution is -2.46. The molecule has 0 radical (unpaired) electrons. The third-order valence-corrected chi connectivity index (χ3v) is 5.77. The first-order valence-electron chi connectivity index (χ1n) is 8.82. The van der Waals surface area contributed by atoms with Gasteiger partial charge in [-0.2, -0.15) is 0 Å². The number of hydrogen-bond donors (Lipinski definition) is 2. The highest BCUT2D eigenvalue weighted by Crippen LogP contribution is 2.20. The van der Waals surface area contributed by atoms with Crippen molar-refractivity contribution in [1.82, 2.24) is 15.5 Å². The Bertz CT molecular complexity index is 475. The van der Waals surface area contributed by atoms with E-state index >= 15 is 0 Å². The van der Waals surface area contributed by atoms with Crippen molar-refractivity contribution >= 4 is 41.3 Å². The summed E-state index contributed by atoms with van der Waals surface area (Å²) in [6, 6.07) is 4.98. The summed E-state index contributed by atoms with van der Waals surface area (Å²) in [5, 5.41) is 9.12. The summed E-state index contributed by atoms with van der Waals surface area (Å²) < 4.78 is 0. The molecule has 2 atom stereocenters. The molecule has 138 valence electrons. The Morgan fingerprint density at radius 3 is 2.79 bits per heavy atom. The maximum absolute atomic E-state index is 4.36. The first-order chi connectivity index (χ1) is 11.1. The Labute approximate surface area is 168 Å². The van der Waals surface area contributed by atoms with Gasteiger partial charge >= 0.3 is 0 Å². The minimum Gasteiger partial charge on any atom is -0.356 e. The smallest absolute Gasteiger partial charge is 0.191 e. The number of guanidine groups is 1. The molecule has 0 aromatic carbocycles. The van der Waals surface area contributed by atoms with Crippen LogP contribution < -0.4 is 10.6 Å². The maximum atomic E-state index is 4.36. The summed E-state index contributed by atoms with van der Waals surface area (Å²) in [6.07, 6.45) is 2.63. The first kappa shape index (κ1) is 21.7. The first-order valence-corrected chi connectivity index (χ1v) is 9.70. The second-order valence-electron chi connectivity index (χ2n) is 6.85. The van der Waals surface area contributed by atoms with Crippen molar-refractivity contribution in [1.29, 1.82) is 0 Å². The van der Waals surface area contributed by atoms with Crippen LogP contribution >= 0.6 is 35.3 Å². The number of halogens is 1. The standard InChI is InChI=1S/C18H32N4S.HI/c1-14(2)22-9-5-7-16(13-22)12-21-18(19-4)20-11-15(3)17-8-6-10-23-17;/h6,8,10,14-16H,5,7,9,11-13H2,1-4H3,(H2,19,20,21);1H. The van der Waals surface area contributed by atoms with E-state index in [2.05, 4.69) is 58.8 Å². The molecule has 24 heavy (non-hydrogen) atoms. The van der Waals surface area contributed by atoms with E-state index in [1.54, 1.807) is 0 Å². The number of hydrogen-bond acceptors (Lipinski definition) is 3. The quantitative estimate of drug-likeness (QED) is 0.383. The molecule has 1 aromatic heterocycles. The van der Waals surface area contributed by atoms with Crippen LogP contribution in [0.15, 0.2) is 22.5 Å². The summed E-state index contributed by atoms with van der Waals surface area (Å²) in [4.78, 5) is 8.38. The molecule has 4 nitrogen and oxygen atoms in total. The van der Waals surface area contributed by atoms with Gasteiger partial charge in [-0.25, -0.2) is 0 Å². The largest absolute Gasteiger partial charge is 0.356 e. The monoisotopic (exact) mass is 464 g/mol. The summed E-state index contributed by atoms with van der Waals surface area (Å²) in [6.45, 7) is 11.2. The van der Waals surface area contributed by atoms with Gasteiger partial charge in [0.25, 0.3) is 0 Å². The summed E-state index contributed by atoms with van der Waals surface area (Å²) in [7, 11) is 1.85. The molecule has 0 amide bonds.